The lowest BCUT2D eigenvalue weighted by Crippen LogP contribution is -2.34. The summed E-state index contributed by atoms with van der Waals surface area (Å²) in [6, 6.07) is 20.3. The zero-order chi connectivity index (χ0) is 30.0. The summed E-state index contributed by atoms with van der Waals surface area (Å²) in [6.45, 7) is 2.22. The van der Waals surface area contributed by atoms with Gasteiger partial charge in [-0.15, -0.1) is 11.3 Å². The van der Waals surface area contributed by atoms with Crippen molar-refractivity contribution in [2.45, 2.75) is 32.7 Å². The van der Waals surface area contributed by atoms with Gasteiger partial charge in [0.2, 0.25) is 5.78 Å². The maximum absolute atomic E-state index is 13.7. The first-order valence-electron chi connectivity index (χ1n) is 12.9. The topological polar surface area (TPSA) is 69.9 Å². The molecule has 0 fully saturated rings. The Kier molecular flexibility index (Phi) is 8.13. The normalized spacial score (nSPS) is 12.3. The predicted octanol–water partition coefficient (Wildman–Crippen LogP) is 7.70. The second kappa shape index (κ2) is 11.8. The second-order valence-electron chi connectivity index (χ2n) is 9.38. The Hall–Kier alpha value is -4.51. The van der Waals surface area contributed by atoms with E-state index in [0.29, 0.717) is 22.5 Å². The number of aryl methyl sites for hydroxylation is 1. The maximum Gasteiger partial charge on any atom is 0.340 e. The molecule has 0 saturated heterocycles. The van der Waals surface area contributed by atoms with Crippen LogP contribution in [0.5, 0.6) is 5.75 Å². The Labute approximate surface area is 241 Å². The summed E-state index contributed by atoms with van der Waals surface area (Å²) < 4.78 is 60.1. The first-order valence-corrected chi connectivity index (χ1v) is 13.8. The third kappa shape index (κ3) is 5.64. The van der Waals surface area contributed by atoms with Crippen molar-refractivity contribution in [2.75, 3.05) is 6.61 Å². The van der Waals surface area contributed by atoms with E-state index in [-0.39, 0.29) is 22.8 Å². The Morgan fingerprint density at radius 1 is 0.952 bits per heavy atom. The van der Waals surface area contributed by atoms with Gasteiger partial charge in [-0.1, -0.05) is 29.4 Å². The van der Waals surface area contributed by atoms with Crippen LogP contribution in [-0.2, 0) is 16.2 Å². The summed E-state index contributed by atoms with van der Waals surface area (Å²) >= 11 is 1.35. The quantitative estimate of drug-likeness (QED) is 0.0545. The highest BCUT2D eigenvalue weighted by atomic mass is 32.1. The number of ketones is 1. The number of halogens is 4. The van der Waals surface area contributed by atoms with Gasteiger partial charge >= 0.3 is 18.3 Å². The molecule has 11 heteroatoms. The number of alkyl halides is 4. The number of rotatable bonds is 10. The maximum atomic E-state index is 13.7. The van der Waals surface area contributed by atoms with Crippen LogP contribution in [0.4, 0.5) is 17.6 Å². The monoisotopic (exact) mass is 596 g/mol. The largest absolute Gasteiger partial charge is 0.486 e. The average Bonchev–Trinajstić information content (AvgIpc) is 3.62. The van der Waals surface area contributed by atoms with Crippen molar-refractivity contribution < 1.29 is 36.7 Å². The fourth-order valence-corrected chi connectivity index (χ4v) is 5.36. The molecule has 3 aromatic carbocycles. The highest BCUT2D eigenvalue weighted by Crippen LogP contribution is 2.33. The molecule has 0 atom stereocenters. The van der Waals surface area contributed by atoms with Crippen LogP contribution >= 0.6 is 11.3 Å². The Morgan fingerprint density at radius 3 is 2.24 bits per heavy atom. The van der Waals surface area contributed by atoms with E-state index >= 15 is 0 Å². The lowest BCUT2D eigenvalue weighted by molar-refractivity contribution is -0.148. The van der Waals surface area contributed by atoms with Crippen molar-refractivity contribution in [2.24, 2.45) is 5.16 Å². The zero-order valence-corrected chi connectivity index (χ0v) is 23.3. The first kappa shape index (κ1) is 29.0. The highest BCUT2D eigenvalue weighted by molar-refractivity contribution is 7.12. The van der Waals surface area contributed by atoms with Gasteiger partial charge in [-0.05, 0) is 60.8 Å². The van der Waals surface area contributed by atoms with Gasteiger partial charge in [-0.25, -0.2) is 13.6 Å². The smallest absolute Gasteiger partial charge is 0.340 e. The lowest BCUT2D eigenvalue weighted by atomic mass is 9.99. The number of ether oxygens (including phenoxy) is 1. The molecule has 2 heterocycles. The molecule has 0 aliphatic rings. The molecule has 5 rings (SSSR count). The van der Waals surface area contributed by atoms with E-state index in [1.807, 2.05) is 36.6 Å². The molecule has 0 radical (unpaired) electrons. The minimum Gasteiger partial charge on any atom is -0.486 e. The van der Waals surface area contributed by atoms with Gasteiger partial charge in [0.15, 0.2) is 6.61 Å². The van der Waals surface area contributed by atoms with Crippen LogP contribution in [0.3, 0.4) is 0 Å². The van der Waals surface area contributed by atoms with Gasteiger partial charge in [0, 0.05) is 52.0 Å². The highest BCUT2D eigenvalue weighted by Gasteiger charge is 2.42. The van der Waals surface area contributed by atoms with E-state index in [2.05, 4.69) is 9.72 Å². The van der Waals surface area contributed by atoms with Crippen molar-refractivity contribution >= 4 is 50.6 Å². The molecule has 0 spiro atoms. The summed E-state index contributed by atoms with van der Waals surface area (Å²) in [5.74, 6) is -5.36. The summed E-state index contributed by atoms with van der Waals surface area (Å²) in [4.78, 5) is 30.3. The van der Waals surface area contributed by atoms with Crippen LogP contribution in [0, 0.1) is 0 Å². The van der Waals surface area contributed by atoms with Crippen LogP contribution in [0.25, 0.3) is 21.8 Å². The molecule has 0 unspecified atom stereocenters. The lowest BCUT2D eigenvalue weighted by Gasteiger charge is -2.18. The van der Waals surface area contributed by atoms with Crippen LogP contribution in [0.2, 0.25) is 0 Å². The number of para-hydroxylation sites is 1. The summed E-state index contributed by atoms with van der Waals surface area (Å²) in [7, 11) is 0. The molecule has 0 bridgehead atoms. The van der Waals surface area contributed by atoms with Crippen molar-refractivity contribution in [1.29, 1.82) is 0 Å². The molecule has 5 aromatic rings. The van der Waals surface area contributed by atoms with E-state index in [9.17, 15) is 27.2 Å². The fraction of sp³-hybridized carbons (Fsp3) is 0.194. The SMILES string of the molecule is CCn1c2ccc(C(=O)c3cccs3)cc2c2cc(/C(=N/OC(C)=O)c3ccccc3OCC(F)(F)C(F)F)ccc21. The second-order valence-corrected chi connectivity index (χ2v) is 10.3. The molecule has 0 amide bonds. The number of benzene rings is 3. The standard InChI is InChI=1S/C31H24F4N2O4S/c1-3-37-24-12-10-19(15-22(24)23-16-20(11-13-25(23)37)29(39)27-9-6-14-42-27)28(36-41-18(2)38)21-7-4-5-8-26(21)40-17-31(34,35)30(32)33/h4-16,30H,3,17H2,1-2H3/b36-28-. The van der Waals surface area contributed by atoms with E-state index in [1.165, 1.54) is 29.5 Å². The van der Waals surface area contributed by atoms with Crippen molar-refractivity contribution in [1.82, 2.24) is 4.57 Å². The molecule has 6 nitrogen and oxygen atoms in total. The third-order valence-corrected chi connectivity index (χ3v) is 7.48. The molecule has 0 N–H and O–H groups in total. The zero-order valence-electron chi connectivity index (χ0n) is 22.4. The van der Waals surface area contributed by atoms with Gasteiger partial charge < -0.3 is 14.1 Å². The molecule has 2 aromatic heterocycles. The summed E-state index contributed by atoms with van der Waals surface area (Å²) in [5.41, 5.74) is 2.92. The molecule has 0 aliphatic carbocycles. The van der Waals surface area contributed by atoms with Crippen molar-refractivity contribution in [3.8, 4) is 5.75 Å². The Bertz CT molecular complexity index is 1810. The molecule has 216 valence electrons. The minimum atomic E-state index is -4.38. The molecular formula is C31H24F4N2O4S. The third-order valence-electron chi connectivity index (χ3n) is 6.61. The number of hydrogen-bond donors (Lipinski definition) is 0. The number of thiophene rings is 1. The molecule has 42 heavy (non-hydrogen) atoms. The molecular weight excluding hydrogens is 572 g/mol. The first-order chi connectivity index (χ1) is 20.1. The van der Waals surface area contributed by atoms with Gasteiger partial charge in [0.1, 0.15) is 11.5 Å². The summed E-state index contributed by atoms with van der Waals surface area (Å²) in [6.07, 6.45) is -3.91. The Morgan fingerprint density at radius 2 is 1.62 bits per heavy atom. The van der Waals surface area contributed by atoms with Crippen LogP contribution in [0.1, 0.15) is 40.2 Å². The van der Waals surface area contributed by atoms with Gasteiger partial charge in [-0.3, -0.25) is 4.79 Å². The van der Waals surface area contributed by atoms with E-state index in [4.69, 9.17) is 9.57 Å². The fourth-order valence-electron chi connectivity index (χ4n) is 4.68. The van der Waals surface area contributed by atoms with Crippen LogP contribution < -0.4 is 4.74 Å². The van der Waals surface area contributed by atoms with Gasteiger partial charge in [0.05, 0.1) is 4.88 Å². The van der Waals surface area contributed by atoms with Gasteiger partial charge in [-0.2, -0.15) is 8.78 Å². The minimum absolute atomic E-state index is 0.0614. The van der Waals surface area contributed by atoms with Gasteiger partial charge in [0.25, 0.3) is 0 Å². The van der Waals surface area contributed by atoms with Crippen LogP contribution in [-0.4, -0.2) is 41.0 Å². The van der Waals surface area contributed by atoms with E-state index in [1.54, 1.807) is 30.3 Å². The van der Waals surface area contributed by atoms with Crippen molar-refractivity contribution in [3.05, 3.63) is 99.7 Å². The predicted molar refractivity (Wildman–Crippen MR) is 153 cm³/mol. The number of hydrogen-bond acceptors (Lipinski definition) is 6. The van der Waals surface area contributed by atoms with E-state index < -0.39 is 24.9 Å². The number of nitrogens with zero attached hydrogens (tertiary/aromatic N) is 2. The average molecular weight is 597 g/mol. The molecule has 0 aliphatic heterocycles. The number of carbonyl (C=O) groups is 2. The van der Waals surface area contributed by atoms with Crippen molar-refractivity contribution in [3.63, 3.8) is 0 Å². The number of oxime groups is 1. The molecule has 0 saturated carbocycles. The summed E-state index contributed by atoms with van der Waals surface area (Å²) in [5, 5.41) is 7.39. The number of aromatic nitrogens is 1. The van der Waals surface area contributed by atoms with Crippen LogP contribution in [0.15, 0.2) is 83.3 Å². The van der Waals surface area contributed by atoms with E-state index in [0.717, 1.165) is 28.7 Å². The number of fused-ring (bicyclic) bond motifs is 3. The number of carbonyl (C=O) groups excluding carboxylic acids is 2. The Balaban J connectivity index is 1.65.